The zero-order valence-electron chi connectivity index (χ0n) is 15.6. The lowest BCUT2D eigenvalue weighted by molar-refractivity contribution is 0.0472. The lowest BCUT2D eigenvalue weighted by atomic mass is 9.73. The van der Waals surface area contributed by atoms with Gasteiger partial charge >= 0.3 is 0 Å². The van der Waals surface area contributed by atoms with Crippen molar-refractivity contribution in [1.29, 1.82) is 0 Å². The summed E-state index contributed by atoms with van der Waals surface area (Å²) in [4.78, 5) is 16.9. The monoisotopic (exact) mass is 398 g/mol. The van der Waals surface area contributed by atoms with Gasteiger partial charge in [-0.25, -0.2) is 13.8 Å². The Labute approximate surface area is 167 Å². The van der Waals surface area contributed by atoms with Crippen LogP contribution in [0.15, 0.2) is 72.2 Å². The van der Waals surface area contributed by atoms with Gasteiger partial charge in [0.1, 0.15) is 24.1 Å². The summed E-state index contributed by atoms with van der Waals surface area (Å²) in [6.07, 6.45) is 0.366. The Morgan fingerprint density at radius 2 is 1.97 bits per heavy atom. The molecule has 0 radical (unpaired) electrons. The van der Waals surface area contributed by atoms with E-state index in [-0.39, 0.29) is 18.2 Å². The van der Waals surface area contributed by atoms with Crippen molar-refractivity contribution in [1.82, 2.24) is 5.32 Å². The average Bonchev–Trinajstić information content (AvgIpc) is 3.18. The number of amides is 1. The standard InChI is InChI=1S/C22H20F2N2O3/c1-2-17-19-18(12-28-17)29-21(25-20(27)14-8-4-3-5-9-14)26-22(19,13-23)15-10-6-7-11-16(15)24/h2-11,17-19H,1,12-13H2,(H,25,26,27)/t17-,18+,19-,22+/m0/s1. The minimum Gasteiger partial charge on any atom is -0.459 e. The van der Waals surface area contributed by atoms with E-state index in [1.165, 1.54) is 18.2 Å². The first-order valence-corrected chi connectivity index (χ1v) is 9.27. The van der Waals surface area contributed by atoms with Crippen molar-refractivity contribution in [3.05, 3.63) is 84.2 Å². The van der Waals surface area contributed by atoms with Gasteiger partial charge in [-0.05, 0) is 18.2 Å². The second kappa shape index (κ2) is 7.75. The molecule has 4 rings (SSSR count). The maximum atomic E-state index is 14.7. The Balaban J connectivity index is 1.78. The van der Waals surface area contributed by atoms with Gasteiger partial charge in [0.2, 0.25) is 0 Å². The molecule has 0 aromatic heterocycles. The van der Waals surface area contributed by atoms with Crippen LogP contribution in [0.5, 0.6) is 0 Å². The van der Waals surface area contributed by atoms with Crippen LogP contribution in [-0.2, 0) is 15.0 Å². The number of nitrogens with zero attached hydrogens (tertiary/aromatic N) is 1. The van der Waals surface area contributed by atoms with Crippen LogP contribution in [0.25, 0.3) is 0 Å². The first kappa shape index (κ1) is 19.3. The van der Waals surface area contributed by atoms with Crippen LogP contribution < -0.4 is 5.32 Å². The van der Waals surface area contributed by atoms with Gasteiger partial charge in [-0.1, -0.05) is 42.5 Å². The molecule has 2 aliphatic rings. The molecule has 2 aromatic rings. The smallest absolute Gasteiger partial charge is 0.293 e. The first-order valence-electron chi connectivity index (χ1n) is 9.27. The van der Waals surface area contributed by atoms with Crippen molar-refractivity contribution in [2.45, 2.75) is 17.7 Å². The fourth-order valence-corrected chi connectivity index (χ4v) is 4.01. The molecule has 7 heteroatoms. The van der Waals surface area contributed by atoms with Gasteiger partial charge in [-0.2, -0.15) is 0 Å². The van der Waals surface area contributed by atoms with Crippen molar-refractivity contribution in [2.75, 3.05) is 13.3 Å². The third-order valence-corrected chi connectivity index (χ3v) is 5.36. The van der Waals surface area contributed by atoms with E-state index in [1.807, 2.05) is 0 Å². The molecular formula is C22H20F2N2O3. The van der Waals surface area contributed by atoms with Gasteiger partial charge in [0.25, 0.3) is 11.9 Å². The Morgan fingerprint density at radius 1 is 1.24 bits per heavy atom. The molecule has 0 aliphatic carbocycles. The molecule has 0 bridgehead atoms. The quantitative estimate of drug-likeness (QED) is 0.804. The van der Waals surface area contributed by atoms with Crippen LogP contribution in [-0.4, -0.2) is 37.4 Å². The molecular weight excluding hydrogens is 378 g/mol. The number of amidine groups is 1. The predicted molar refractivity (Wildman–Crippen MR) is 104 cm³/mol. The van der Waals surface area contributed by atoms with E-state index in [0.29, 0.717) is 5.56 Å². The van der Waals surface area contributed by atoms with Gasteiger partial charge < -0.3 is 9.47 Å². The number of rotatable bonds is 4. The molecule has 1 fully saturated rings. The predicted octanol–water partition coefficient (Wildman–Crippen LogP) is 3.38. The van der Waals surface area contributed by atoms with E-state index in [1.54, 1.807) is 42.5 Å². The minimum absolute atomic E-state index is 0.0876. The van der Waals surface area contributed by atoms with Gasteiger partial charge in [0.15, 0.2) is 0 Å². The normalized spacial score (nSPS) is 28.1. The first-order chi connectivity index (χ1) is 14.1. The maximum Gasteiger partial charge on any atom is 0.293 e. The second-order valence-corrected chi connectivity index (χ2v) is 6.99. The highest BCUT2D eigenvalue weighted by Gasteiger charge is 2.57. The number of hydrogen-bond acceptors (Lipinski definition) is 4. The average molecular weight is 398 g/mol. The van der Waals surface area contributed by atoms with E-state index in [2.05, 4.69) is 16.9 Å². The van der Waals surface area contributed by atoms with Crippen molar-refractivity contribution in [3.63, 3.8) is 0 Å². The molecule has 4 atom stereocenters. The molecule has 1 amide bonds. The SMILES string of the molecule is C=C[C@@H]1OC[C@H]2OC(NC(=O)c3ccccc3)=N[C@](CF)(c3ccccc3F)[C@@H]12. The third kappa shape index (κ3) is 3.31. The van der Waals surface area contributed by atoms with Crippen LogP contribution >= 0.6 is 0 Å². The highest BCUT2D eigenvalue weighted by Crippen LogP contribution is 2.47. The Bertz CT molecular complexity index is 950. The molecule has 2 aliphatic heterocycles. The van der Waals surface area contributed by atoms with Crippen LogP contribution in [0.3, 0.4) is 0 Å². The van der Waals surface area contributed by atoms with Crippen LogP contribution in [0.1, 0.15) is 15.9 Å². The number of carbonyl (C=O) groups excluding carboxylic acids is 1. The van der Waals surface area contributed by atoms with Crippen LogP contribution in [0, 0.1) is 11.7 Å². The van der Waals surface area contributed by atoms with Crippen molar-refractivity contribution < 1.29 is 23.0 Å². The molecule has 1 saturated heterocycles. The second-order valence-electron chi connectivity index (χ2n) is 6.99. The van der Waals surface area contributed by atoms with Crippen LogP contribution in [0.2, 0.25) is 0 Å². The number of benzene rings is 2. The number of hydrogen-bond donors (Lipinski definition) is 1. The zero-order valence-corrected chi connectivity index (χ0v) is 15.6. The van der Waals surface area contributed by atoms with Gasteiger partial charge in [0, 0.05) is 11.1 Å². The number of ether oxygens (including phenoxy) is 2. The molecule has 1 N–H and O–H groups in total. The summed E-state index contributed by atoms with van der Waals surface area (Å²) in [5.41, 5.74) is -1.13. The van der Waals surface area contributed by atoms with Gasteiger partial charge in [0.05, 0.1) is 18.6 Å². The van der Waals surface area contributed by atoms with E-state index in [9.17, 15) is 13.6 Å². The van der Waals surface area contributed by atoms with Crippen molar-refractivity contribution in [3.8, 4) is 0 Å². The number of nitrogens with one attached hydrogen (secondary N) is 1. The number of aliphatic imine (C=N–C) groups is 1. The van der Waals surface area contributed by atoms with E-state index >= 15 is 0 Å². The molecule has 150 valence electrons. The lowest BCUT2D eigenvalue weighted by Gasteiger charge is -2.41. The summed E-state index contributed by atoms with van der Waals surface area (Å²) in [5, 5.41) is 2.58. The van der Waals surface area contributed by atoms with Gasteiger partial charge in [-0.15, -0.1) is 6.58 Å². The summed E-state index contributed by atoms with van der Waals surface area (Å²) in [6, 6.07) is 14.2. The van der Waals surface area contributed by atoms with E-state index < -0.39 is 42.1 Å². The molecule has 2 aromatic carbocycles. The number of alkyl halides is 1. The largest absolute Gasteiger partial charge is 0.459 e. The molecule has 5 nitrogen and oxygen atoms in total. The summed E-state index contributed by atoms with van der Waals surface area (Å²) in [6.45, 7) is 2.90. The number of fused-ring (bicyclic) bond motifs is 1. The number of carbonyl (C=O) groups is 1. The Kier molecular flexibility index (Phi) is 5.15. The topological polar surface area (TPSA) is 59.9 Å². The number of halogens is 2. The summed E-state index contributed by atoms with van der Waals surface area (Å²) >= 11 is 0. The lowest BCUT2D eigenvalue weighted by Crippen LogP contribution is -2.53. The minimum atomic E-state index is -1.61. The highest BCUT2D eigenvalue weighted by atomic mass is 19.1. The van der Waals surface area contributed by atoms with Crippen molar-refractivity contribution >= 4 is 11.9 Å². The Morgan fingerprint density at radius 3 is 2.66 bits per heavy atom. The molecule has 2 heterocycles. The van der Waals surface area contributed by atoms with Crippen molar-refractivity contribution in [2.24, 2.45) is 10.9 Å². The fraction of sp³-hybridized carbons (Fsp3) is 0.273. The summed E-state index contributed by atoms with van der Waals surface area (Å²) in [5.74, 6) is -1.67. The molecule has 0 spiro atoms. The molecule has 0 unspecified atom stereocenters. The Hall–Kier alpha value is -3.06. The highest BCUT2D eigenvalue weighted by molar-refractivity contribution is 6.04. The maximum absolute atomic E-state index is 14.7. The molecule has 0 saturated carbocycles. The summed E-state index contributed by atoms with van der Waals surface area (Å²) < 4.78 is 40.9. The van der Waals surface area contributed by atoms with Gasteiger partial charge in [-0.3, -0.25) is 10.1 Å². The van der Waals surface area contributed by atoms with E-state index in [4.69, 9.17) is 9.47 Å². The van der Waals surface area contributed by atoms with E-state index in [0.717, 1.165) is 0 Å². The molecule has 29 heavy (non-hydrogen) atoms. The van der Waals surface area contributed by atoms with Crippen LogP contribution in [0.4, 0.5) is 8.78 Å². The summed E-state index contributed by atoms with van der Waals surface area (Å²) in [7, 11) is 0. The zero-order chi connectivity index (χ0) is 20.4. The fourth-order valence-electron chi connectivity index (χ4n) is 4.01. The third-order valence-electron chi connectivity index (χ3n) is 5.36.